The second kappa shape index (κ2) is 10.3. The summed E-state index contributed by atoms with van der Waals surface area (Å²) in [5.41, 5.74) is 5.18. The quantitative estimate of drug-likeness (QED) is 0.362. The zero-order valence-electron chi connectivity index (χ0n) is 16.7. The average Bonchev–Trinajstić information content (AvgIpc) is 2.74. The van der Waals surface area contributed by atoms with Crippen LogP contribution in [-0.2, 0) is 24.1 Å². The maximum Gasteiger partial charge on any atom is 0.263 e. The van der Waals surface area contributed by atoms with E-state index >= 15 is 0 Å². The van der Waals surface area contributed by atoms with Crippen molar-refractivity contribution < 1.29 is 4.79 Å². The molecule has 1 unspecified atom stereocenters. The molecular weight excluding hydrogens is 426 g/mol. The van der Waals surface area contributed by atoms with Crippen LogP contribution in [0.2, 0.25) is 0 Å². The van der Waals surface area contributed by atoms with Gasteiger partial charge in [-0.05, 0) is 73.4 Å². The number of hydrogen-bond donors (Lipinski definition) is 2. The molecule has 0 saturated carbocycles. The number of nitrogens with one attached hydrogen (secondary N) is 2. The van der Waals surface area contributed by atoms with E-state index < -0.39 is 0 Å². The number of hydrogen-bond acceptors (Lipinski definition) is 3. The Morgan fingerprint density at radius 3 is 2.62 bits per heavy atom. The van der Waals surface area contributed by atoms with Gasteiger partial charge in [0.25, 0.3) is 5.91 Å². The normalized spacial score (nSPS) is 14.4. The summed E-state index contributed by atoms with van der Waals surface area (Å²) >= 11 is 3.42. The molecule has 1 aliphatic carbocycles. The van der Waals surface area contributed by atoms with E-state index in [0.717, 1.165) is 29.3 Å². The van der Waals surface area contributed by atoms with E-state index in [1.54, 1.807) is 0 Å². The minimum Gasteiger partial charge on any atom is -0.389 e. The number of nitriles is 1. The first-order valence-electron chi connectivity index (χ1n) is 10.1. The second-order valence-electron chi connectivity index (χ2n) is 7.43. The minimum atomic E-state index is -0.353. The summed E-state index contributed by atoms with van der Waals surface area (Å²) in [6.07, 6.45) is 7.05. The summed E-state index contributed by atoms with van der Waals surface area (Å²) in [6, 6.07) is 16.4. The van der Waals surface area contributed by atoms with Crippen molar-refractivity contribution in [1.82, 2.24) is 10.6 Å². The molecule has 0 aliphatic heterocycles. The van der Waals surface area contributed by atoms with Gasteiger partial charge in [0.05, 0.1) is 6.04 Å². The second-order valence-corrected chi connectivity index (χ2v) is 8.35. The van der Waals surface area contributed by atoms with Crippen LogP contribution < -0.4 is 10.6 Å². The molecule has 0 bridgehead atoms. The van der Waals surface area contributed by atoms with Gasteiger partial charge in [0.1, 0.15) is 11.6 Å². The molecule has 2 aromatic carbocycles. The van der Waals surface area contributed by atoms with Crippen molar-refractivity contribution in [3.63, 3.8) is 0 Å². The van der Waals surface area contributed by atoms with Crippen LogP contribution >= 0.6 is 15.9 Å². The molecule has 1 amide bonds. The van der Waals surface area contributed by atoms with Crippen LogP contribution in [0.4, 0.5) is 0 Å². The molecule has 1 atom stereocenters. The number of benzene rings is 2. The van der Waals surface area contributed by atoms with Gasteiger partial charge in [-0.15, -0.1) is 0 Å². The number of fused-ring (bicyclic) bond motifs is 1. The summed E-state index contributed by atoms with van der Waals surface area (Å²) in [6.45, 7) is 2.61. The predicted octanol–water partition coefficient (Wildman–Crippen LogP) is 4.74. The standard InChI is InChI=1S/C24H26BrN3O/c1-17(20-9-8-19-4-2-3-5-21(19)14-20)28-24(29)22(15-26)16-27-13-12-18-6-10-23(25)11-7-18/h6-11,14,16-17,27H,2-5,12-13H2,1H3,(H,28,29)/b22-16-. The Labute approximate surface area is 181 Å². The van der Waals surface area contributed by atoms with Crippen LogP contribution in [-0.4, -0.2) is 12.5 Å². The molecule has 0 spiro atoms. The van der Waals surface area contributed by atoms with Crippen LogP contribution in [0.1, 0.15) is 48.1 Å². The average molecular weight is 452 g/mol. The molecule has 3 rings (SSSR count). The highest BCUT2D eigenvalue weighted by atomic mass is 79.9. The molecule has 0 heterocycles. The van der Waals surface area contributed by atoms with Crippen molar-refractivity contribution in [2.45, 2.75) is 45.1 Å². The predicted molar refractivity (Wildman–Crippen MR) is 119 cm³/mol. The van der Waals surface area contributed by atoms with Gasteiger partial charge in [0.2, 0.25) is 0 Å². The van der Waals surface area contributed by atoms with Crippen molar-refractivity contribution in [2.24, 2.45) is 0 Å². The maximum absolute atomic E-state index is 12.5. The molecule has 0 saturated heterocycles. The van der Waals surface area contributed by atoms with Gasteiger partial charge in [-0.3, -0.25) is 4.79 Å². The summed E-state index contributed by atoms with van der Waals surface area (Å²) in [5, 5.41) is 15.4. The van der Waals surface area contributed by atoms with E-state index in [4.69, 9.17) is 0 Å². The summed E-state index contributed by atoms with van der Waals surface area (Å²) in [7, 11) is 0. The minimum absolute atomic E-state index is 0.0885. The Kier molecular flexibility index (Phi) is 7.48. The van der Waals surface area contributed by atoms with E-state index in [1.165, 1.54) is 35.7 Å². The first-order chi connectivity index (χ1) is 14.1. The van der Waals surface area contributed by atoms with Crippen LogP contribution in [0.5, 0.6) is 0 Å². The van der Waals surface area contributed by atoms with Gasteiger partial charge in [0.15, 0.2) is 0 Å². The SMILES string of the molecule is CC(NC(=O)/C(C#N)=C\NCCc1ccc(Br)cc1)c1ccc2c(c1)CCCC2. The van der Waals surface area contributed by atoms with Crippen molar-refractivity contribution in [2.75, 3.05) is 6.54 Å². The highest BCUT2D eigenvalue weighted by molar-refractivity contribution is 9.10. The molecule has 0 fully saturated rings. The van der Waals surface area contributed by atoms with Crippen molar-refractivity contribution in [3.05, 3.63) is 81.0 Å². The van der Waals surface area contributed by atoms with Crippen LogP contribution in [0.3, 0.4) is 0 Å². The number of carbonyl (C=O) groups excluding carboxylic acids is 1. The highest BCUT2D eigenvalue weighted by Gasteiger charge is 2.16. The lowest BCUT2D eigenvalue weighted by molar-refractivity contribution is -0.117. The molecular formula is C24H26BrN3O. The number of nitrogens with zero attached hydrogens (tertiary/aromatic N) is 1. The van der Waals surface area contributed by atoms with Gasteiger partial charge in [-0.25, -0.2) is 0 Å². The molecule has 2 N–H and O–H groups in total. The lowest BCUT2D eigenvalue weighted by Gasteiger charge is -2.20. The summed E-state index contributed by atoms with van der Waals surface area (Å²) < 4.78 is 1.05. The Hall–Kier alpha value is -2.58. The first kappa shape index (κ1) is 21.1. The first-order valence-corrected chi connectivity index (χ1v) is 10.9. The maximum atomic E-state index is 12.5. The van der Waals surface area contributed by atoms with Gasteiger partial charge < -0.3 is 10.6 Å². The van der Waals surface area contributed by atoms with Crippen LogP contribution in [0.25, 0.3) is 0 Å². The van der Waals surface area contributed by atoms with E-state index in [-0.39, 0.29) is 17.5 Å². The topological polar surface area (TPSA) is 64.9 Å². The molecule has 5 heteroatoms. The lowest BCUT2D eigenvalue weighted by Crippen LogP contribution is -2.29. The van der Waals surface area contributed by atoms with Gasteiger partial charge in [-0.2, -0.15) is 5.26 Å². The number of carbonyl (C=O) groups is 1. The van der Waals surface area contributed by atoms with Gasteiger partial charge in [0, 0.05) is 17.2 Å². The molecule has 0 aromatic heterocycles. The third-order valence-corrected chi connectivity index (χ3v) is 5.83. The third kappa shape index (κ3) is 5.95. The number of rotatable bonds is 7. The van der Waals surface area contributed by atoms with Gasteiger partial charge in [-0.1, -0.05) is 46.3 Å². The van der Waals surface area contributed by atoms with Crippen LogP contribution in [0, 0.1) is 11.3 Å². The fourth-order valence-corrected chi connectivity index (χ4v) is 3.84. The van der Waals surface area contributed by atoms with E-state index in [0.29, 0.717) is 6.54 Å². The van der Waals surface area contributed by atoms with E-state index in [2.05, 4.69) is 44.8 Å². The highest BCUT2D eigenvalue weighted by Crippen LogP contribution is 2.24. The van der Waals surface area contributed by atoms with E-state index in [1.807, 2.05) is 37.3 Å². The van der Waals surface area contributed by atoms with E-state index in [9.17, 15) is 10.1 Å². The fraction of sp³-hybridized carbons (Fsp3) is 0.333. The zero-order valence-corrected chi connectivity index (χ0v) is 18.3. The summed E-state index contributed by atoms with van der Waals surface area (Å²) in [5.74, 6) is -0.353. The number of halogens is 1. The Morgan fingerprint density at radius 1 is 1.17 bits per heavy atom. The van der Waals surface area contributed by atoms with Gasteiger partial charge >= 0.3 is 0 Å². The summed E-state index contributed by atoms with van der Waals surface area (Å²) in [4.78, 5) is 12.5. The molecule has 29 heavy (non-hydrogen) atoms. The molecule has 1 aliphatic rings. The molecule has 2 aromatic rings. The molecule has 4 nitrogen and oxygen atoms in total. The Morgan fingerprint density at radius 2 is 1.90 bits per heavy atom. The smallest absolute Gasteiger partial charge is 0.263 e. The van der Waals surface area contributed by atoms with Crippen molar-refractivity contribution >= 4 is 21.8 Å². The fourth-order valence-electron chi connectivity index (χ4n) is 3.57. The van der Waals surface area contributed by atoms with Crippen LogP contribution in [0.15, 0.2) is 58.7 Å². The largest absolute Gasteiger partial charge is 0.389 e. The third-order valence-electron chi connectivity index (χ3n) is 5.30. The number of amides is 1. The number of aryl methyl sites for hydroxylation is 2. The monoisotopic (exact) mass is 451 g/mol. The zero-order chi connectivity index (χ0) is 20.6. The Bertz CT molecular complexity index is 928. The molecule has 150 valence electrons. The molecule has 0 radical (unpaired) electrons. The lowest BCUT2D eigenvalue weighted by atomic mass is 9.89. The van der Waals surface area contributed by atoms with Crippen molar-refractivity contribution in [1.29, 1.82) is 5.26 Å². The Balaban J connectivity index is 1.54. The van der Waals surface area contributed by atoms with Crippen molar-refractivity contribution in [3.8, 4) is 6.07 Å².